The molecular weight excluding hydrogens is 293 g/mol. The Morgan fingerprint density at radius 2 is 1.94 bits per heavy atom. The molecule has 3 nitrogen and oxygen atoms in total. The lowest BCUT2D eigenvalue weighted by molar-refractivity contribution is 0.612. The van der Waals surface area contributed by atoms with Gasteiger partial charge in [-0.3, -0.25) is 4.98 Å². The predicted molar refractivity (Wildman–Crippen MR) is 78.4 cm³/mol. The third kappa shape index (κ3) is 4.15. The number of nitrogens with zero attached hydrogens (tertiary/aromatic N) is 2. The van der Waals surface area contributed by atoms with Gasteiger partial charge in [0.15, 0.2) is 0 Å². The van der Waals surface area contributed by atoms with Gasteiger partial charge in [-0.15, -0.1) is 24.8 Å². The number of aromatic nitrogens is 1. The van der Waals surface area contributed by atoms with Gasteiger partial charge in [0, 0.05) is 18.0 Å². The third-order valence-electron chi connectivity index (χ3n) is 2.67. The van der Waals surface area contributed by atoms with Gasteiger partial charge in [0.1, 0.15) is 0 Å². The molecule has 0 unspecified atom stereocenters. The van der Waals surface area contributed by atoms with Crippen LogP contribution in [0.1, 0.15) is 18.4 Å². The first-order valence-electron chi connectivity index (χ1n) is 5.25. The van der Waals surface area contributed by atoms with E-state index in [9.17, 15) is 5.26 Å². The van der Waals surface area contributed by atoms with Crippen molar-refractivity contribution in [3.8, 4) is 6.07 Å². The van der Waals surface area contributed by atoms with E-state index in [-0.39, 0.29) is 24.8 Å². The molecule has 1 aromatic heterocycles. The van der Waals surface area contributed by atoms with Crippen molar-refractivity contribution in [2.75, 3.05) is 13.1 Å². The topological polar surface area (TPSA) is 48.7 Å². The fourth-order valence-electron chi connectivity index (χ4n) is 1.87. The lowest BCUT2D eigenvalue weighted by atomic mass is 9.95. The molecule has 2 rings (SSSR count). The minimum Gasteiger partial charge on any atom is -0.316 e. The van der Waals surface area contributed by atoms with Crippen molar-refractivity contribution in [2.24, 2.45) is 0 Å². The van der Waals surface area contributed by atoms with Crippen molar-refractivity contribution in [1.82, 2.24) is 10.3 Å². The molecule has 1 aliphatic heterocycles. The van der Waals surface area contributed by atoms with E-state index in [1.807, 2.05) is 0 Å². The second-order valence-electron chi connectivity index (χ2n) is 3.73. The highest BCUT2D eigenvalue weighted by Crippen LogP contribution is 2.25. The zero-order valence-electron chi connectivity index (χ0n) is 9.65. The predicted octanol–water partition coefficient (Wildman–Crippen LogP) is 3.24. The summed E-state index contributed by atoms with van der Waals surface area (Å²) in [6, 6.07) is 4.06. The van der Waals surface area contributed by atoms with Crippen LogP contribution < -0.4 is 5.32 Å². The van der Waals surface area contributed by atoms with Crippen LogP contribution in [0.25, 0.3) is 5.57 Å². The molecule has 0 bridgehead atoms. The van der Waals surface area contributed by atoms with Crippen molar-refractivity contribution in [1.29, 1.82) is 5.26 Å². The summed E-state index contributed by atoms with van der Waals surface area (Å²) in [6.45, 7) is 1.88. The smallest absolute Gasteiger partial charge is 0.0998 e. The molecule has 6 heteroatoms. The van der Waals surface area contributed by atoms with Crippen LogP contribution in [0.4, 0.5) is 0 Å². The van der Waals surface area contributed by atoms with Gasteiger partial charge in [0.05, 0.1) is 16.7 Å². The first-order valence-corrected chi connectivity index (χ1v) is 5.63. The molecule has 98 valence electrons. The number of rotatable bonds is 1. The third-order valence-corrected chi connectivity index (χ3v) is 2.87. The van der Waals surface area contributed by atoms with E-state index in [0.717, 1.165) is 37.1 Å². The number of nitriles is 1. The highest BCUT2D eigenvalue weighted by molar-refractivity contribution is 6.30. The second kappa shape index (κ2) is 8.34. The van der Waals surface area contributed by atoms with Crippen molar-refractivity contribution in [3.05, 3.63) is 34.6 Å². The average molecular weight is 307 g/mol. The van der Waals surface area contributed by atoms with Crippen LogP contribution in [0.3, 0.4) is 0 Å². The second-order valence-corrected chi connectivity index (χ2v) is 4.17. The highest BCUT2D eigenvalue weighted by atomic mass is 35.5. The van der Waals surface area contributed by atoms with E-state index >= 15 is 0 Å². The summed E-state index contributed by atoms with van der Waals surface area (Å²) < 4.78 is 0. The highest BCUT2D eigenvalue weighted by Gasteiger charge is 2.12. The molecule has 1 N–H and O–H groups in total. The molecule has 0 spiro atoms. The largest absolute Gasteiger partial charge is 0.316 e. The Kier molecular flexibility index (Phi) is 7.97. The molecule has 0 aromatic carbocycles. The first kappa shape index (κ1) is 17.2. The number of halogens is 3. The standard InChI is InChI=1S/C12H12ClN3.2ClH/c13-11-5-10(7-16-8-11)12(6-14)9-1-3-15-4-2-9;;/h5,7-8,15H,1-4H2;2*1H. The monoisotopic (exact) mass is 305 g/mol. The summed E-state index contributed by atoms with van der Waals surface area (Å²) in [4.78, 5) is 4.02. The Labute approximate surface area is 124 Å². The van der Waals surface area contributed by atoms with Crippen LogP contribution in [0, 0.1) is 11.3 Å². The van der Waals surface area contributed by atoms with Crippen molar-refractivity contribution in [3.63, 3.8) is 0 Å². The maximum atomic E-state index is 9.22. The molecule has 18 heavy (non-hydrogen) atoms. The summed E-state index contributed by atoms with van der Waals surface area (Å²) in [7, 11) is 0. The summed E-state index contributed by atoms with van der Waals surface area (Å²) in [6.07, 6.45) is 5.12. The molecule has 1 fully saturated rings. The van der Waals surface area contributed by atoms with Gasteiger partial charge in [0.2, 0.25) is 0 Å². The van der Waals surface area contributed by atoms with Gasteiger partial charge < -0.3 is 5.32 Å². The zero-order valence-corrected chi connectivity index (χ0v) is 12.0. The molecule has 0 aliphatic carbocycles. The van der Waals surface area contributed by atoms with Crippen LogP contribution in [0.15, 0.2) is 24.0 Å². The van der Waals surface area contributed by atoms with Crippen LogP contribution in [0.5, 0.6) is 0 Å². The Morgan fingerprint density at radius 1 is 1.28 bits per heavy atom. The SMILES string of the molecule is Cl.Cl.N#CC(=C1CCNCC1)c1cncc(Cl)c1. The molecule has 1 aromatic rings. The summed E-state index contributed by atoms with van der Waals surface area (Å²) in [5.41, 5.74) is 2.76. The van der Waals surface area contributed by atoms with Gasteiger partial charge in [0.25, 0.3) is 0 Å². The van der Waals surface area contributed by atoms with Crippen molar-refractivity contribution >= 4 is 42.0 Å². The maximum absolute atomic E-state index is 9.22. The van der Waals surface area contributed by atoms with Crippen molar-refractivity contribution in [2.45, 2.75) is 12.8 Å². The Balaban J connectivity index is 0.00000144. The normalized spacial score (nSPS) is 13.9. The van der Waals surface area contributed by atoms with E-state index in [1.165, 1.54) is 5.57 Å². The molecule has 1 aliphatic rings. The van der Waals surface area contributed by atoms with E-state index in [0.29, 0.717) is 5.02 Å². The molecule has 0 amide bonds. The minimum atomic E-state index is 0. The molecule has 1 saturated heterocycles. The van der Waals surface area contributed by atoms with Crippen LogP contribution in [0.2, 0.25) is 5.02 Å². The molecule has 0 saturated carbocycles. The number of hydrogen-bond donors (Lipinski definition) is 1. The van der Waals surface area contributed by atoms with E-state index in [4.69, 9.17) is 11.6 Å². The lowest BCUT2D eigenvalue weighted by Gasteiger charge is -2.17. The Bertz CT molecular complexity index is 458. The molecular formula is C12H14Cl3N3. The van der Waals surface area contributed by atoms with E-state index < -0.39 is 0 Å². The fraction of sp³-hybridized carbons (Fsp3) is 0.333. The number of piperidine rings is 1. The number of pyridine rings is 1. The Morgan fingerprint density at radius 3 is 2.50 bits per heavy atom. The van der Waals surface area contributed by atoms with Gasteiger partial charge in [-0.1, -0.05) is 11.6 Å². The molecule has 0 radical (unpaired) electrons. The minimum absolute atomic E-state index is 0. The van der Waals surface area contributed by atoms with E-state index in [1.54, 1.807) is 18.5 Å². The molecule has 0 atom stereocenters. The van der Waals surface area contributed by atoms with Crippen LogP contribution in [-0.4, -0.2) is 18.1 Å². The van der Waals surface area contributed by atoms with Crippen LogP contribution >= 0.6 is 36.4 Å². The van der Waals surface area contributed by atoms with Gasteiger partial charge >= 0.3 is 0 Å². The van der Waals surface area contributed by atoms with Gasteiger partial charge in [-0.2, -0.15) is 5.26 Å². The van der Waals surface area contributed by atoms with Crippen LogP contribution in [-0.2, 0) is 0 Å². The fourth-order valence-corrected chi connectivity index (χ4v) is 2.05. The van der Waals surface area contributed by atoms with E-state index in [2.05, 4.69) is 16.4 Å². The maximum Gasteiger partial charge on any atom is 0.0998 e. The lowest BCUT2D eigenvalue weighted by Crippen LogP contribution is -2.23. The summed E-state index contributed by atoms with van der Waals surface area (Å²) in [5, 5.41) is 13.1. The number of nitrogens with one attached hydrogen (secondary N) is 1. The van der Waals surface area contributed by atoms with Gasteiger partial charge in [-0.05, 0) is 37.6 Å². The summed E-state index contributed by atoms with van der Waals surface area (Å²) >= 11 is 5.88. The number of allylic oxidation sites excluding steroid dienone is 1. The van der Waals surface area contributed by atoms with Crippen molar-refractivity contribution < 1.29 is 0 Å². The number of hydrogen-bond acceptors (Lipinski definition) is 3. The zero-order chi connectivity index (χ0) is 11.4. The first-order chi connectivity index (χ1) is 7.81. The Hall–Kier alpha value is -0.790. The van der Waals surface area contributed by atoms with Gasteiger partial charge in [-0.25, -0.2) is 0 Å². The molecule has 2 heterocycles. The summed E-state index contributed by atoms with van der Waals surface area (Å²) in [5.74, 6) is 0. The quantitative estimate of drug-likeness (QED) is 0.810. The average Bonchev–Trinajstić information content (AvgIpc) is 2.31.